The first kappa shape index (κ1) is 14.6. The average Bonchev–Trinajstić information content (AvgIpc) is 3.12. The number of nitrogens with one attached hydrogen (secondary N) is 1. The summed E-state index contributed by atoms with van der Waals surface area (Å²) in [5.74, 6) is -1.93. The maximum Gasteiger partial charge on any atom is 0.416 e. The molecule has 0 heterocycles. The van der Waals surface area contributed by atoms with E-state index in [1.807, 2.05) is 0 Å². The second kappa shape index (κ2) is 5.30. The van der Waals surface area contributed by atoms with E-state index in [0.717, 1.165) is 25.0 Å². The Bertz CT molecular complexity index is 512. The molecule has 0 aromatic heterocycles. The fourth-order valence-electron chi connectivity index (χ4n) is 2.03. The van der Waals surface area contributed by atoms with Crippen LogP contribution in [-0.4, -0.2) is 17.1 Å². The van der Waals surface area contributed by atoms with Gasteiger partial charge in [-0.15, -0.1) is 0 Å². The molecule has 1 fully saturated rings. The number of hydrogen-bond donors (Lipinski definition) is 2. The van der Waals surface area contributed by atoms with Crippen molar-refractivity contribution in [1.82, 2.24) is 0 Å². The number of carbonyl (C=O) groups is 1. The second-order valence-corrected chi connectivity index (χ2v) is 4.88. The zero-order valence-electron chi connectivity index (χ0n) is 10.4. The molecule has 110 valence electrons. The summed E-state index contributed by atoms with van der Waals surface area (Å²) in [6.45, 7) is 0. The molecule has 3 nitrogen and oxygen atoms in total. The highest BCUT2D eigenvalue weighted by molar-refractivity contribution is 5.68. The first-order chi connectivity index (χ1) is 9.27. The maximum absolute atomic E-state index is 13.7. The summed E-state index contributed by atoms with van der Waals surface area (Å²) in [4.78, 5) is 10.7. The van der Waals surface area contributed by atoms with Crippen LogP contribution in [0.2, 0.25) is 0 Å². The summed E-state index contributed by atoms with van der Waals surface area (Å²) in [5, 5.41) is 11.5. The lowest BCUT2D eigenvalue weighted by Crippen LogP contribution is -2.26. The number of alkyl halides is 3. The van der Waals surface area contributed by atoms with E-state index in [1.165, 1.54) is 0 Å². The van der Waals surface area contributed by atoms with Crippen LogP contribution in [0.1, 0.15) is 24.8 Å². The molecule has 20 heavy (non-hydrogen) atoms. The topological polar surface area (TPSA) is 49.3 Å². The number of aliphatic carboxylic acids is 1. The Hall–Kier alpha value is -1.79. The Morgan fingerprint density at radius 3 is 2.50 bits per heavy atom. The van der Waals surface area contributed by atoms with E-state index in [4.69, 9.17) is 5.11 Å². The normalized spacial score (nSPS) is 16.8. The van der Waals surface area contributed by atoms with Gasteiger partial charge in [0.05, 0.1) is 17.7 Å². The van der Waals surface area contributed by atoms with Gasteiger partial charge < -0.3 is 10.4 Å². The van der Waals surface area contributed by atoms with Crippen LogP contribution in [0.5, 0.6) is 0 Å². The lowest BCUT2D eigenvalue weighted by molar-refractivity contribution is -0.138. The second-order valence-electron chi connectivity index (χ2n) is 4.88. The molecule has 2 N–H and O–H groups in total. The van der Waals surface area contributed by atoms with Crippen LogP contribution in [0.3, 0.4) is 0 Å². The highest BCUT2D eigenvalue weighted by atomic mass is 19.4. The molecule has 1 aromatic carbocycles. The molecule has 1 aliphatic carbocycles. The van der Waals surface area contributed by atoms with Crippen molar-refractivity contribution in [2.75, 3.05) is 5.32 Å². The molecule has 0 radical (unpaired) electrons. The highest BCUT2D eigenvalue weighted by Crippen LogP contribution is 2.37. The fourth-order valence-corrected chi connectivity index (χ4v) is 2.03. The average molecular weight is 291 g/mol. The largest absolute Gasteiger partial charge is 0.481 e. The van der Waals surface area contributed by atoms with Gasteiger partial charge >= 0.3 is 12.1 Å². The summed E-state index contributed by atoms with van der Waals surface area (Å²) < 4.78 is 50.9. The van der Waals surface area contributed by atoms with Crippen molar-refractivity contribution in [2.45, 2.75) is 31.5 Å². The minimum atomic E-state index is -4.60. The maximum atomic E-state index is 13.7. The molecule has 0 amide bonds. The number of halogens is 4. The SMILES string of the molecule is O=C(O)CC(Nc1ccc(C(F)(F)F)cc1F)C1CC1. The Morgan fingerprint density at radius 1 is 1.40 bits per heavy atom. The fraction of sp³-hybridized carbons (Fsp3) is 0.462. The molecule has 0 aliphatic heterocycles. The molecule has 1 aromatic rings. The molecule has 2 rings (SSSR count). The van der Waals surface area contributed by atoms with Gasteiger partial charge in [0.25, 0.3) is 0 Å². The van der Waals surface area contributed by atoms with Crippen LogP contribution in [0.15, 0.2) is 18.2 Å². The molecule has 1 atom stereocenters. The smallest absolute Gasteiger partial charge is 0.416 e. The molecular weight excluding hydrogens is 278 g/mol. The van der Waals surface area contributed by atoms with E-state index in [9.17, 15) is 22.4 Å². The zero-order chi connectivity index (χ0) is 14.9. The zero-order valence-corrected chi connectivity index (χ0v) is 10.4. The van der Waals surface area contributed by atoms with Crippen LogP contribution < -0.4 is 5.32 Å². The highest BCUT2D eigenvalue weighted by Gasteiger charge is 2.34. The third-order valence-corrected chi connectivity index (χ3v) is 3.22. The lowest BCUT2D eigenvalue weighted by Gasteiger charge is -2.18. The van der Waals surface area contributed by atoms with Gasteiger partial charge in [-0.1, -0.05) is 0 Å². The third kappa shape index (κ3) is 3.61. The van der Waals surface area contributed by atoms with Crippen LogP contribution >= 0.6 is 0 Å². The summed E-state index contributed by atoms with van der Waals surface area (Å²) in [6.07, 6.45) is -3.11. The van der Waals surface area contributed by atoms with E-state index < -0.39 is 29.6 Å². The summed E-state index contributed by atoms with van der Waals surface area (Å²) in [7, 11) is 0. The molecule has 1 unspecified atom stereocenters. The molecule has 0 bridgehead atoms. The molecule has 0 saturated heterocycles. The summed E-state index contributed by atoms with van der Waals surface area (Å²) >= 11 is 0. The standard InChI is InChI=1S/C13H13F4NO2/c14-9-5-8(13(15,16)17)3-4-10(9)18-11(6-12(19)20)7-1-2-7/h3-5,7,11,18H,1-2,6H2,(H,19,20). The Kier molecular flexibility index (Phi) is 3.87. The van der Waals surface area contributed by atoms with Gasteiger partial charge in [0, 0.05) is 6.04 Å². The van der Waals surface area contributed by atoms with Gasteiger partial charge in [0.1, 0.15) is 5.82 Å². The third-order valence-electron chi connectivity index (χ3n) is 3.22. The minimum absolute atomic E-state index is 0.101. The lowest BCUT2D eigenvalue weighted by atomic mass is 10.1. The van der Waals surface area contributed by atoms with Crippen molar-refractivity contribution < 1.29 is 27.5 Å². The Labute approximate surface area is 112 Å². The van der Waals surface area contributed by atoms with Crippen LogP contribution in [0.25, 0.3) is 0 Å². The quantitative estimate of drug-likeness (QED) is 0.816. The number of carboxylic acid groups (broad SMARTS) is 1. The van der Waals surface area contributed by atoms with Crippen molar-refractivity contribution in [3.8, 4) is 0 Å². The number of carboxylic acids is 1. The number of anilines is 1. The minimum Gasteiger partial charge on any atom is -0.481 e. The van der Waals surface area contributed by atoms with E-state index in [1.54, 1.807) is 0 Å². The van der Waals surface area contributed by atoms with Crippen molar-refractivity contribution in [3.05, 3.63) is 29.6 Å². The number of rotatable bonds is 5. The van der Waals surface area contributed by atoms with Gasteiger partial charge in [-0.05, 0) is 37.0 Å². The van der Waals surface area contributed by atoms with E-state index in [0.29, 0.717) is 6.07 Å². The Morgan fingerprint density at radius 2 is 2.05 bits per heavy atom. The first-order valence-corrected chi connectivity index (χ1v) is 6.12. The van der Waals surface area contributed by atoms with E-state index in [2.05, 4.69) is 5.32 Å². The van der Waals surface area contributed by atoms with Crippen molar-refractivity contribution in [1.29, 1.82) is 0 Å². The molecule has 0 spiro atoms. The van der Waals surface area contributed by atoms with E-state index >= 15 is 0 Å². The van der Waals surface area contributed by atoms with Crippen LogP contribution in [0.4, 0.5) is 23.2 Å². The van der Waals surface area contributed by atoms with Gasteiger partial charge in [-0.25, -0.2) is 4.39 Å². The van der Waals surface area contributed by atoms with Gasteiger partial charge in [0.2, 0.25) is 0 Å². The summed E-state index contributed by atoms with van der Waals surface area (Å²) in [5.41, 5.74) is -1.17. The van der Waals surface area contributed by atoms with Crippen molar-refractivity contribution in [3.63, 3.8) is 0 Å². The summed E-state index contributed by atoms with van der Waals surface area (Å²) in [6, 6.07) is 1.72. The number of hydrogen-bond acceptors (Lipinski definition) is 2. The predicted molar refractivity (Wildman–Crippen MR) is 63.8 cm³/mol. The van der Waals surface area contributed by atoms with Crippen molar-refractivity contribution in [2.24, 2.45) is 5.92 Å². The first-order valence-electron chi connectivity index (χ1n) is 6.12. The predicted octanol–water partition coefficient (Wildman–Crippen LogP) is 3.51. The monoisotopic (exact) mass is 291 g/mol. The van der Waals surface area contributed by atoms with Crippen LogP contribution in [0, 0.1) is 11.7 Å². The van der Waals surface area contributed by atoms with Gasteiger partial charge in [-0.3, -0.25) is 4.79 Å². The molecular formula is C13H13F4NO2. The molecule has 7 heteroatoms. The van der Waals surface area contributed by atoms with Crippen LogP contribution in [-0.2, 0) is 11.0 Å². The molecule has 1 aliphatic rings. The number of benzene rings is 1. The Balaban J connectivity index is 2.14. The van der Waals surface area contributed by atoms with E-state index in [-0.39, 0.29) is 18.0 Å². The molecule has 1 saturated carbocycles. The van der Waals surface area contributed by atoms with Gasteiger partial charge in [0.15, 0.2) is 0 Å². The van der Waals surface area contributed by atoms with Crippen molar-refractivity contribution >= 4 is 11.7 Å². The van der Waals surface area contributed by atoms with Gasteiger partial charge in [-0.2, -0.15) is 13.2 Å².